The number of carbonyl (C=O) groups excluding carboxylic acids is 1. The second-order valence-electron chi connectivity index (χ2n) is 6.82. The lowest BCUT2D eigenvalue weighted by molar-refractivity contribution is 0.0827. The van der Waals surface area contributed by atoms with Crippen LogP contribution >= 0.6 is 0 Å². The molecule has 0 aromatic heterocycles. The highest BCUT2D eigenvalue weighted by Gasteiger charge is 2.07. The van der Waals surface area contributed by atoms with Crippen molar-refractivity contribution in [2.45, 2.75) is 20.4 Å². The number of nitrogens with zero attached hydrogens (tertiary/aromatic N) is 2. The first kappa shape index (κ1) is 21.3. The monoisotopic (exact) mass is 382 g/mol. The molecule has 6 nitrogen and oxygen atoms in total. The smallest absolute Gasteiger partial charge is 0.253 e. The average molecular weight is 383 g/mol. The van der Waals surface area contributed by atoms with Crippen LogP contribution in [0, 0.1) is 13.8 Å². The van der Waals surface area contributed by atoms with Crippen LogP contribution in [0.5, 0.6) is 5.75 Å². The third-order valence-corrected chi connectivity index (χ3v) is 4.34. The van der Waals surface area contributed by atoms with Gasteiger partial charge >= 0.3 is 0 Å². The maximum atomic E-state index is 11.9. The number of benzene rings is 2. The van der Waals surface area contributed by atoms with Crippen LogP contribution in [-0.4, -0.2) is 51.1 Å². The number of amides is 1. The number of rotatable bonds is 7. The summed E-state index contributed by atoms with van der Waals surface area (Å²) in [6, 6.07) is 13.7. The van der Waals surface area contributed by atoms with E-state index in [4.69, 9.17) is 4.74 Å². The van der Waals surface area contributed by atoms with E-state index in [1.165, 1.54) is 0 Å². The summed E-state index contributed by atoms with van der Waals surface area (Å²) < 4.78 is 5.90. The summed E-state index contributed by atoms with van der Waals surface area (Å²) in [6.07, 6.45) is 0. The topological polar surface area (TPSA) is 66.0 Å². The molecule has 0 aliphatic carbocycles. The molecule has 0 radical (unpaired) electrons. The molecule has 2 aromatic rings. The van der Waals surface area contributed by atoms with Gasteiger partial charge in [0.1, 0.15) is 12.4 Å². The highest BCUT2D eigenvalue weighted by molar-refractivity contribution is 5.93. The zero-order valence-electron chi connectivity index (χ0n) is 17.4. The summed E-state index contributed by atoms with van der Waals surface area (Å²) in [6.45, 7) is 5.91. The lowest BCUT2D eigenvalue weighted by Crippen LogP contribution is -2.38. The Kier molecular flexibility index (Phi) is 7.87. The van der Waals surface area contributed by atoms with Gasteiger partial charge in [0, 0.05) is 33.3 Å². The number of carbonyl (C=O) groups is 1. The van der Waals surface area contributed by atoms with E-state index in [1.807, 2.05) is 56.3 Å². The fraction of sp³-hybridized carbons (Fsp3) is 0.364. The SMILES string of the molecule is CN=C(NCCOc1c(C)cccc1C)NCc1ccc(C(=O)N(C)C)cc1. The molecule has 2 aromatic carbocycles. The second-order valence-corrected chi connectivity index (χ2v) is 6.82. The van der Waals surface area contributed by atoms with E-state index in [1.54, 1.807) is 26.0 Å². The summed E-state index contributed by atoms with van der Waals surface area (Å²) in [5, 5.41) is 6.51. The summed E-state index contributed by atoms with van der Waals surface area (Å²) in [4.78, 5) is 17.7. The summed E-state index contributed by atoms with van der Waals surface area (Å²) in [5.74, 6) is 1.65. The molecule has 0 aliphatic heterocycles. The molecule has 28 heavy (non-hydrogen) atoms. The Balaban J connectivity index is 1.78. The number of hydrogen-bond donors (Lipinski definition) is 2. The maximum absolute atomic E-state index is 11.9. The molecule has 150 valence electrons. The Morgan fingerprint density at radius 2 is 1.68 bits per heavy atom. The Bertz CT molecular complexity index is 794. The van der Waals surface area contributed by atoms with Crippen molar-refractivity contribution in [3.05, 3.63) is 64.7 Å². The highest BCUT2D eigenvalue weighted by atomic mass is 16.5. The normalized spacial score (nSPS) is 11.1. The highest BCUT2D eigenvalue weighted by Crippen LogP contribution is 2.21. The number of ether oxygens (including phenoxy) is 1. The first-order valence-electron chi connectivity index (χ1n) is 9.36. The third-order valence-electron chi connectivity index (χ3n) is 4.34. The number of nitrogens with one attached hydrogen (secondary N) is 2. The molecule has 0 fully saturated rings. The average Bonchev–Trinajstić information content (AvgIpc) is 2.69. The van der Waals surface area contributed by atoms with Gasteiger partial charge in [-0.1, -0.05) is 30.3 Å². The molecule has 6 heteroatoms. The van der Waals surface area contributed by atoms with Gasteiger partial charge < -0.3 is 20.3 Å². The van der Waals surface area contributed by atoms with Gasteiger partial charge in [-0.2, -0.15) is 0 Å². The van der Waals surface area contributed by atoms with Crippen molar-refractivity contribution in [1.82, 2.24) is 15.5 Å². The van der Waals surface area contributed by atoms with E-state index in [-0.39, 0.29) is 5.91 Å². The molecule has 0 spiro atoms. The van der Waals surface area contributed by atoms with Crippen molar-refractivity contribution >= 4 is 11.9 Å². The van der Waals surface area contributed by atoms with E-state index in [0.717, 1.165) is 22.4 Å². The lowest BCUT2D eigenvalue weighted by Gasteiger charge is -2.15. The van der Waals surface area contributed by atoms with Crippen LogP contribution in [0.3, 0.4) is 0 Å². The molecule has 2 rings (SSSR count). The van der Waals surface area contributed by atoms with E-state index in [0.29, 0.717) is 31.2 Å². The zero-order chi connectivity index (χ0) is 20.5. The quantitative estimate of drug-likeness (QED) is 0.439. The van der Waals surface area contributed by atoms with Crippen molar-refractivity contribution in [3.8, 4) is 5.75 Å². The van der Waals surface area contributed by atoms with Gasteiger partial charge in [0.05, 0.1) is 6.54 Å². The van der Waals surface area contributed by atoms with Gasteiger partial charge in [-0.3, -0.25) is 9.79 Å². The number of guanidine groups is 1. The molecule has 0 bridgehead atoms. The van der Waals surface area contributed by atoms with Crippen molar-refractivity contribution < 1.29 is 9.53 Å². The van der Waals surface area contributed by atoms with E-state index < -0.39 is 0 Å². The van der Waals surface area contributed by atoms with Gasteiger partial charge in [-0.25, -0.2) is 0 Å². The fourth-order valence-corrected chi connectivity index (χ4v) is 2.78. The van der Waals surface area contributed by atoms with Crippen molar-refractivity contribution in [2.75, 3.05) is 34.3 Å². The standard InChI is InChI=1S/C22H30N4O2/c1-16-7-6-8-17(2)20(16)28-14-13-24-22(23-3)25-15-18-9-11-19(12-10-18)21(27)26(4)5/h6-12H,13-15H2,1-5H3,(H2,23,24,25). The van der Waals surface area contributed by atoms with Crippen LogP contribution in [0.15, 0.2) is 47.5 Å². The molecule has 0 heterocycles. The Labute approximate surface area is 167 Å². The van der Waals surface area contributed by atoms with Gasteiger partial charge in [0.2, 0.25) is 0 Å². The molecule has 0 aliphatic rings. The first-order valence-corrected chi connectivity index (χ1v) is 9.36. The van der Waals surface area contributed by atoms with Crippen LogP contribution in [0.1, 0.15) is 27.0 Å². The Hall–Kier alpha value is -3.02. The molecule has 1 amide bonds. The molecular weight excluding hydrogens is 352 g/mol. The van der Waals surface area contributed by atoms with Crippen LogP contribution in [0.4, 0.5) is 0 Å². The first-order chi connectivity index (χ1) is 13.4. The largest absolute Gasteiger partial charge is 0.491 e. The Morgan fingerprint density at radius 1 is 1.04 bits per heavy atom. The van der Waals surface area contributed by atoms with Crippen LogP contribution in [0.2, 0.25) is 0 Å². The minimum atomic E-state index is 0.000810. The van der Waals surface area contributed by atoms with E-state index in [9.17, 15) is 4.79 Å². The summed E-state index contributed by atoms with van der Waals surface area (Å²) >= 11 is 0. The number of hydrogen-bond acceptors (Lipinski definition) is 3. The fourth-order valence-electron chi connectivity index (χ4n) is 2.78. The third kappa shape index (κ3) is 6.01. The van der Waals surface area contributed by atoms with Crippen LogP contribution in [-0.2, 0) is 6.54 Å². The predicted octanol–water partition coefficient (Wildman–Crippen LogP) is 2.75. The summed E-state index contributed by atoms with van der Waals surface area (Å²) in [5.41, 5.74) is 4.03. The van der Waals surface area contributed by atoms with E-state index >= 15 is 0 Å². The predicted molar refractivity (Wildman–Crippen MR) is 114 cm³/mol. The zero-order valence-corrected chi connectivity index (χ0v) is 17.4. The molecular formula is C22H30N4O2. The Morgan fingerprint density at radius 3 is 2.25 bits per heavy atom. The summed E-state index contributed by atoms with van der Waals surface area (Å²) in [7, 11) is 5.23. The second kappa shape index (κ2) is 10.3. The van der Waals surface area contributed by atoms with E-state index in [2.05, 4.69) is 15.6 Å². The maximum Gasteiger partial charge on any atom is 0.253 e. The van der Waals surface area contributed by atoms with Gasteiger partial charge in [0.25, 0.3) is 5.91 Å². The van der Waals surface area contributed by atoms with Gasteiger partial charge in [-0.15, -0.1) is 0 Å². The molecule has 0 unspecified atom stereocenters. The minimum Gasteiger partial charge on any atom is -0.491 e. The van der Waals surface area contributed by atoms with Crippen molar-refractivity contribution in [3.63, 3.8) is 0 Å². The van der Waals surface area contributed by atoms with Crippen LogP contribution in [0.25, 0.3) is 0 Å². The molecule has 0 saturated carbocycles. The molecule has 0 atom stereocenters. The van der Waals surface area contributed by atoms with Crippen molar-refractivity contribution in [1.29, 1.82) is 0 Å². The number of aliphatic imine (C=N–C) groups is 1. The minimum absolute atomic E-state index is 0.000810. The molecule has 2 N–H and O–H groups in total. The van der Waals surface area contributed by atoms with Crippen molar-refractivity contribution in [2.24, 2.45) is 4.99 Å². The van der Waals surface area contributed by atoms with Crippen LogP contribution < -0.4 is 15.4 Å². The van der Waals surface area contributed by atoms with Gasteiger partial charge in [-0.05, 0) is 42.7 Å². The van der Waals surface area contributed by atoms with Gasteiger partial charge in [0.15, 0.2) is 5.96 Å². The molecule has 0 saturated heterocycles. The number of para-hydroxylation sites is 1. The lowest BCUT2D eigenvalue weighted by atomic mass is 10.1. The number of aryl methyl sites for hydroxylation is 2.